The van der Waals surface area contributed by atoms with Crippen LogP contribution in [0.1, 0.15) is 6.92 Å². The van der Waals surface area contributed by atoms with Gasteiger partial charge in [0, 0.05) is 0 Å². The number of hydrogen-bond acceptors (Lipinski definition) is 4. The van der Waals surface area contributed by atoms with Gasteiger partial charge in [-0.25, -0.2) is 4.79 Å². The molecule has 0 aliphatic carbocycles. The Hall–Kier alpha value is -1.56. The van der Waals surface area contributed by atoms with E-state index in [-0.39, 0.29) is 13.2 Å². The highest BCUT2D eigenvalue weighted by molar-refractivity contribution is 9.10. The summed E-state index contributed by atoms with van der Waals surface area (Å²) in [6, 6.07) is 7.11. The van der Waals surface area contributed by atoms with Crippen molar-refractivity contribution >= 4 is 27.9 Å². The summed E-state index contributed by atoms with van der Waals surface area (Å²) >= 11 is 3.27. The zero-order valence-corrected chi connectivity index (χ0v) is 10.8. The van der Waals surface area contributed by atoms with Gasteiger partial charge >= 0.3 is 6.09 Å². The number of benzene rings is 1. The summed E-state index contributed by atoms with van der Waals surface area (Å²) in [5.74, 6) is -0.0225. The number of ether oxygens (including phenoxy) is 2. The normalized spacial score (nSPS) is 9.53. The van der Waals surface area contributed by atoms with Crippen molar-refractivity contribution in [1.29, 1.82) is 0 Å². The van der Waals surface area contributed by atoms with Crippen molar-refractivity contribution < 1.29 is 19.1 Å². The van der Waals surface area contributed by atoms with E-state index in [1.165, 1.54) is 0 Å². The molecule has 0 unspecified atom stereocenters. The number of carbonyl (C=O) groups excluding carboxylic acids is 2. The van der Waals surface area contributed by atoms with Crippen LogP contribution in [0.15, 0.2) is 28.7 Å². The summed E-state index contributed by atoms with van der Waals surface area (Å²) in [5.41, 5.74) is 0. The Labute approximate surface area is 107 Å². The average molecular weight is 302 g/mol. The maximum atomic E-state index is 11.3. The Bertz CT molecular complexity index is 408. The molecule has 92 valence electrons. The van der Waals surface area contributed by atoms with Gasteiger partial charge in [0.1, 0.15) is 5.75 Å². The Morgan fingerprint density at radius 1 is 1.35 bits per heavy atom. The lowest BCUT2D eigenvalue weighted by Gasteiger charge is -2.07. The SMILES string of the molecule is CCOC(=O)NC(=O)COc1ccccc1Br. The maximum absolute atomic E-state index is 11.3. The monoisotopic (exact) mass is 301 g/mol. The molecule has 5 nitrogen and oxygen atoms in total. The quantitative estimate of drug-likeness (QED) is 0.925. The van der Waals surface area contributed by atoms with Gasteiger partial charge < -0.3 is 9.47 Å². The van der Waals surface area contributed by atoms with E-state index in [9.17, 15) is 9.59 Å². The first-order valence-electron chi connectivity index (χ1n) is 4.97. The number of amides is 2. The molecule has 0 saturated carbocycles. The summed E-state index contributed by atoms with van der Waals surface area (Å²) in [6.45, 7) is 1.62. The van der Waals surface area contributed by atoms with Crippen molar-refractivity contribution in [3.05, 3.63) is 28.7 Å². The molecule has 0 saturated heterocycles. The highest BCUT2D eigenvalue weighted by atomic mass is 79.9. The van der Waals surface area contributed by atoms with Crippen molar-refractivity contribution in [2.45, 2.75) is 6.92 Å². The van der Waals surface area contributed by atoms with Crippen LogP contribution >= 0.6 is 15.9 Å². The van der Waals surface area contributed by atoms with Crippen LogP contribution in [0.3, 0.4) is 0 Å². The Morgan fingerprint density at radius 2 is 2.06 bits per heavy atom. The summed E-state index contributed by atoms with van der Waals surface area (Å²) in [4.78, 5) is 22.2. The lowest BCUT2D eigenvalue weighted by Crippen LogP contribution is -2.34. The number of alkyl carbamates (subject to hydrolysis) is 1. The number of imide groups is 1. The second-order valence-corrected chi connectivity index (χ2v) is 3.84. The van der Waals surface area contributed by atoms with Gasteiger partial charge in [0.15, 0.2) is 6.61 Å². The summed E-state index contributed by atoms with van der Waals surface area (Å²) in [6.07, 6.45) is -0.770. The molecule has 0 aromatic heterocycles. The fraction of sp³-hybridized carbons (Fsp3) is 0.273. The van der Waals surface area contributed by atoms with Crippen LogP contribution in [0.2, 0.25) is 0 Å². The van der Waals surface area contributed by atoms with Crippen LogP contribution in [0.5, 0.6) is 5.75 Å². The van der Waals surface area contributed by atoms with Gasteiger partial charge in [0.2, 0.25) is 0 Å². The molecule has 1 aromatic carbocycles. The van der Waals surface area contributed by atoms with E-state index >= 15 is 0 Å². The molecular weight excluding hydrogens is 290 g/mol. The largest absolute Gasteiger partial charge is 0.483 e. The van der Waals surface area contributed by atoms with Crippen molar-refractivity contribution in [3.8, 4) is 5.75 Å². The third-order valence-corrected chi connectivity index (χ3v) is 2.37. The predicted octanol–water partition coefficient (Wildman–Crippen LogP) is 2.10. The standard InChI is InChI=1S/C11H12BrNO4/c1-2-16-11(15)13-10(14)7-17-9-6-4-3-5-8(9)12/h3-6H,2,7H2,1H3,(H,13,14,15). The molecular formula is C11H12BrNO4. The first-order chi connectivity index (χ1) is 8.13. The summed E-state index contributed by atoms with van der Waals surface area (Å²) in [5, 5.41) is 2.03. The van der Waals surface area contributed by atoms with E-state index in [1.807, 2.05) is 11.4 Å². The zero-order valence-electron chi connectivity index (χ0n) is 9.23. The number of nitrogens with one attached hydrogen (secondary N) is 1. The summed E-state index contributed by atoms with van der Waals surface area (Å²) < 4.78 is 10.5. The lowest BCUT2D eigenvalue weighted by molar-refractivity contribution is -0.122. The molecule has 2 amide bonds. The first-order valence-corrected chi connectivity index (χ1v) is 5.76. The van der Waals surface area contributed by atoms with Crippen molar-refractivity contribution in [3.63, 3.8) is 0 Å². The van der Waals surface area contributed by atoms with E-state index in [1.54, 1.807) is 25.1 Å². The number of rotatable bonds is 4. The van der Waals surface area contributed by atoms with Crippen LogP contribution < -0.4 is 10.1 Å². The number of hydrogen-bond donors (Lipinski definition) is 1. The van der Waals surface area contributed by atoms with E-state index in [2.05, 4.69) is 20.7 Å². The molecule has 0 bridgehead atoms. The van der Waals surface area contributed by atoms with Gasteiger partial charge in [-0.2, -0.15) is 0 Å². The highest BCUT2D eigenvalue weighted by Gasteiger charge is 2.09. The number of carbonyl (C=O) groups is 2. The third-order valence-electron chi connectivity index (χ3n) is 1.71. The molecule has 0 spiro atoms. The maximum Gasteiger partial charge on any atom is 0.413 e. The average Bonchev–Trinajstić information content (AvgIpc) is 2.28. The smallest absolute Gasteiger partial charge is 0.413 e. The topological polar surface area (TPSA) is 64.6 Å². The van der Waals surface area contributed by atoms with Gasteiger partial charge in [-0.05, 0) is 35.0 Å². The molecule has 0 atom stereocenters. The molecule has 1 rings (SSSR count). The second-order valence-electron chi connectivity index (χ2n) is 2.99. The van der Waals surface area contributed by atoms with Gasteiger partial charge in [0.05, 0.1) is 11.1 Å². The first kappa shape index (κ1) is 13.5. The van der Waals surface area contributed by atoms with Crippen LogP contribution in [-0.4, -0.2) is 25.2 Å². The fourth-order valence-electron chi connectivity index (χ4n) is 1.02. The van der Waals surface area contributed by atoms with Crippen LogP contribution in [-0.2, 0) is 9.53 Å². The molecule has 1 aromatic rings. The molecule has 6 heteroatoms. The number of para-hydroxylation sites is 1. The van der Waals surface area contributed by atoms with Crippen LogP contribution in [0.25, 0.3) is 0 Å². The van der Waals surface area contributed by atoms with Crippen molar-refractivity contribution in [2.24, 2.45) is 0 Å². The minimum absolute atomic E-state index is 0.213. The van der Waals surface area contributed by atoms with Gasteiger partial charge in [-0.15, -0.1) is 0 Å². The molecule has 0 heterocycles. The zero-order chi connectivity index (χ0) is 12.7. The van der Waals surface area contributed by atoms with Gasteiger partial charge in [-0.1, -0.05) is 12.1 Å². The second kappa shape index (κ2) is 6.90. The minimum Gasteiger partial charge on any atom is -0.483 e. The van der Waals surface area contributed by atoms with Gasteiger partial charge in [0.25, 0.3) is 5.91 Å². The van der Waals surface area contributed by atoms with Crippen LogP contribution in [0.4, 0.5) is 4.79 Å². The Balaban J connectivity index is 2.38. The van der Waals surface area contributed by atoms with Crippen LogP contribution in [0, 0.1) is 0 Å². The van der Waals surface area contributed by atoms with E-state index in [0.717, 1.165) is 4.47 Å². The van der Waals surface area contributed by atoms with Crippen molar-refractivity contribution in [2.75, 3.05) is 13.2 Å². The molecule has 1 N–H and O–H groups in total. The number of halogens is 1. The molecule has 0 radical (unpaired) electrons. The lowest BCUT2D eigenvalue weighted by atomic mass is 10.3. The van der Waals surface area contributed by atoms with Gasteiger partial charge in [-0.3, -0.25) is 10.1 Å². The molecule has 0 aliphatic heterocycles. The fourth-order valence-corrected chi connectivity index (χ4v) is 1.42. The highest BCUT2D eigenvalue weighted by Crippen LogP contribution is 2.23. The van der Waals surface area contributed by atoms with Crippen molar-refractivity contribution in [1.82, 2.24) is 5.32 Å². The third kappa shape index (κ3) is 4.86. The summed E-state index contributed by atoms with van der Waals surface area (Å²) in [7, 11) is 0. The predicted molar refractivity (Wildman–Crippen MR) is 64.8 cm³/mol. The Kier molecular flexibility index (Phi) is 5.48. The van der Waals surface area contributed by atoms with E-state index in [0.29, 0.717) is 5.75 Å². The minimum atomic E-state index is -0.770. The van der Waals surface area contributed by atoms with E-state index in [4.69, 9.17) is 4.74 Å². The molecule has 0 fully saturated rings. The van der Waals surface area contributed by atoms with E-state index < -0.39 is 12.0 Å². The Morgan fingerprint density at radius 3 is 2.71 bits per heavy atom. The molecule has 0 aliphatic rings. The molecule has 17 heavy (non-hydrogen) atoms.